The van der Waals surface area contributed by atoms with Gasteiger partial charge in [-0.05, 0) is 22.0 Å². The Bertz CT molecular complexity index is 381. The van der Waals surface area contributed by atoms with Crippen LogP contribution in [0, 0.1) is 5.82 Å². The van der Waals surface area contributed by atoms with E-state index in [-0.39, 0.29) is 5.56 Å². The number of benzene rings is 1. The van der Waals surface area contributed by atoms with Gasteiger partial charge in [-0.2, -0.15) is 5.10 Å². The van der Waals surface area contributed by atoms with Crippen molar-refractivity contribution < 1.29 is 9.18 Å². The van der Waals surface area contributed by atoms with Crippen LogP contribution in [0.4, 0.5) is 9.18 Å². The van der Waals surface area contributed by atoms with Crippen molar-refractivity contribution in [2.45, 2.75) is 0 Å². The Balaban J connectivity index is 2.81. The van der Waals surface area contributed by atoms with E-state index < -0.39 is 11.8 Å². The number of hydrogen-bond donors (Lipinski definition) is 2. The van der Waals surface area contributed by atoms with E-state index in [1.807, 2.05) is 5.43 Å². The predicted molar refractivity (Wildman–Crippen MR) is 54.4 cm³/mol. The fourth-order valence-corrected chi connectivity index (χ4v) is 1.17. The van der Waals surface area contributed by atoms with Crippen LogP contribution in [0.5, 0.6) is 0 Å². The van der Waals surface area contributed by atoms with Crippen LogP contribution in [0.3, 0.4) is 0 Å². The van der Waals surface area contributed by atoms with Crippen molar-refractivity contribution in [2.75, 3.05) is 0 Å². The number of hydrazone groups is 1. The summed E-state index contributed by atoms with van der Waals surface area (Å²) in [5.74, 6) is -0.442. The monoisotopic (exact) mass is 259 g/mol. The van der Waals surface area contributed by atoms with Crippen molar-refractivity contribution in [1.82, 2.24) is 5.43 Å². The summed E-state index contributed by atoms with van der Waals surface area (Å²) in [5.41, 5.74) is 6.98. The number of rotatable bonds is 2. The van der Waals surface area contributed by atoms with Crippen molar-refractivity contribution in [3.05, 3.63) is 34.1 Å². The van der Waals surface area contributed by atoms with E-state index in [4.69, 9.17) is 5.73 Å². The summed E-state index contributed by atoms with van der Waals surface area (Å²) in [4.78, 5) is 10.2. The Hall–Kier alpha value is -1.43. The van der Waals surface area contributed by atoms with Crippen LogP contribution in [0.25, 0.3) is 0 Å². The number of carbonyl (C=O) groups excluding carboxylic acids is 1. The zero-order valence-corrected chi connectivity index (χ0v) is 8.58. The second-order valence-corrected chi connectivity index (χ2v) is 3.23. The maximum absolute atomic E-state index is 13.2. The zero-order chi connectivity index (χ0) is 10.6. The quantitative estimate of drug-likeness (QED) is 0.615. The highest BCUT2D eigenvalue weighted by Crippen LogP contribution is 2.16. The first-order chi connectivity index (χ1) is 6.61. The molecule has 3 N–H and O–H groups in total. The van der Waals surface area contributed by atoms with Gasteiger partial charge in [-0.15, -0.1) is 0 Å². The predicted octanol–water partition coefficient (Wildman–Crippen LogP) is 1.59. The standard InChI is InChI=1S/C8H7BrFN3O/c9-6-3-1-2-5(7(6)10)4-12-13-8(11)14/h1-4H,(H3,11,13,14). The molecule has 0 saturated carbocycles. The molecule has 1 rings (SSSR count). The molecule has 74 valence electrons. The Labute approximate surface area is 88.1 Å². The number of hydrogen-bond acceptors (Lipinski definition) is 2. The van der Waals surface area contributed by atoms with Gasteiger partial charge in [0.05, 0.1) is 10.7 Å². The summed E-state index contributed by atoms with van der Waals surface area (Å²) in [6.07, 6.45) is 1.17. The largest absolute Gasteiger partial charge is 0.350 e. The molecule has 0 saturated heterocycles. The SMILES string of the molecule is NC(=O)NN=Cc1cccc(Br)c1F. The van der Waals surface area contributed by atoms with Crippen LogP contribution in [-0.2, 0) is 0 Å². The first kappa shape index (κ1) is 10.6. The summed E-state index contributed by atoms with van der Waals surface area (Å²) in [7, 11) is 0. The Morgan fingerprint density at radius 1 is 1.64 bits per heavy atom. The van der Waals surface area contributed by atoms with E-state index in [1.54, 1.807) is 12.1 Å². The third-order valence-corrected chi connectivity index (χ3v) is 1.97. The molecule has 0 aliphatic rings. The van der Waals surface area contributed by atoms with E-state index in [1.165, 1.54) is 12.3 Å². The Morgan fingerprint density at radius 2 is 2.36 bits per heavy atom. The topological polar surface area (TPSA) is 67.5 Å². The van der Waals surface area contributed by atoms with Gasteiger partial charge in [-0.25, -0.2) is 14.6 Å². The average Bonchev–Trinajstić information content (AvgIpc) is 2.12. The van der Waals surface area contributed by atoms with Gasteiger partial charge in [-0.1, -0.05) is 12.1 Å². The molecular weight excluding hydrogens is 253 g/mol. The molecule has 0 atom stereocenters. The number of nitrogens with two attached hydrogens (primary N) is 1. The molecule has 14 heavy (non-hydrogen) atoms. The van der Waals surface area contributed by atoms with Crippen molar-refractivity contribution in [2.24, 2.45) is 10.8 Å². The van der Waals surface area contributed by atoms with Crippen molar-refractivity contribution in [1.29, 1.82) is 0 Å². The van der Waals surface area contributed by atoms with Crippen LogP contribution in [0.15, 0.2) is 27.8 Å². The second kappa shape index (κ2) is 4.71. The van der Waals surface area contributed by atoms with Crippen molar-refractivity contribution >= 4 is 28.2 Å². The number of nitrogens with one attached hydrogen (secondary N) is 1. The lowest BCUT2D eigenvalue weighted by molar-refractivity contribution is 0.249. The van der Waals surface area contributed by atoms with Crippen LogP contribution < -0.4 is 11.2 Å². The molecule has 0 bridgehead atoms. The van der Waals surface area contributed by atoms with E-state index in [2.05, 4.69) is 21.0 Å². The molecule has 0 radical (unpaired) electrons. The minimum atomic E-state index is -0.795. The molecule has 0 fully saturated rings. The number of primary amides is 1. The fourth-order valence-electron chi connectivity index (χ4n) is 0.786. The van der Waals surface area contributed by atoms with Crippen LogP contribution in [-0.4, -0.2) is 12.2 Å². The number of nitrogens with zero attached hydrogens (tertiary/aromatic N) is 1. The van der Waals surface area contributed by atoms with Crippen molar-refractivity contribution in [3.8, 4) is 0 Å². The number of urea groups is 1. The lowest BCUT2D eigenvalue weighted by atomic mass is 10.2. The highest BCUT2D eigenvalue weighted by molar-refractivity contribution is 9.10. The van der Waals surface area contributed by atoms with Gasteiger partial charge in [0.2, 0.25) is 0 Å². The van der Waals surface area contributed by atoms with Crippen LogP contribution in [0.2, 0.25) is 0 Å². The molecule has 1 aromatic carbocycles. The summed E-state index contributed by atoms with van der Waals surface area (Å²) >= 11 is 3.02. The first-order valence-corrected chi connectivity index (χ1v) is 4.43. The molecule has 0 aliphatic heterocycles. The molecule has 1 aromatic rings. The second-order valence-electron chi connectivity index (χ2n) is 2.38. The molecule has 0 spiro atoms. The molecule has 0 aromatic heterocycles. The number of halogens is 2. The summed E-state index contributed by atoms with van der Waals surface area (Å²) < 4.78 is 13.6. The van der Waals surface area contributed by atoms with Gasteiger partial charge in [0.25, 0.3) is 0 Å². The summed E-state index contributed by atoms with van der Waals surface area (Å²) in [6.45, 7) is 0. The van der Waals surface area contributed by atoms with Crippen LogP contribution >= 0.6 is 15.9 Å². The van der Waals surface area contributed by atoms with Crippen molar-refractivity contribution in [3.63, 3.8) is 0 Å². The zero-order valence-electron chi connectivity index (χ0n) is 7.00. The van der Waals surface area contributed by atoms with Gasteiger partial charge in [0.1, 0.15) is 5.82 Å². The smallest absolute Gasteiger partial charge is 0.332 e. The van der Waals surface area contributed by atoms with E-state index in [9.17, 15) is 9.18 Å². The molecular formula is C8H7BrFN3O. The van der Waals surface area contributed by atoms with E-state index in [0.29, 0.717) is 4.47 Å². The van der Waals surface area contributed by atoms with E-state index in [0.717, 1.165) is 0 Å². The third kappa shape index (κ3) is 2.81. The third-order valence-electron chi connectivity index (χ3n) is 1.36. The van der Waals surface area contributed by atoms with Gasteiger partial charge >= 0.3 is 6.03 Å². The molecule has 0 heterocycles. The van der Waals surface area contributed by atoms with Gasteiger partial charge in [0.15, 0.2) is 0 Å². The molecule has 4 nitrogen and oxygen atoms in total. The minimum absolute atomic E-state index is 0.258. The average molecular weight is 260 g/mol. The lowest BCUT2D eigenvalue weighted by Crippen LogP contribution is -2.24. The molecule has 0 aliphatic carbocycles. The number of amides is 2. The maximum atomic E-state index is 13.2. The summed E-state index contributed by atoms with van der Waals surface area (Å²) in [6, 6.07) is 3.94. The Morgan fingerprint density at radius 3 is 3.00 bits per heavy atom. The minimum Gasteiger partial charge on any atom is -0.350 e. The highest BCUT2D eigenvalue weighted by atomic mass is 79.9. The number of carbonyl (C=O) groups is 1. The molecule has 2 amide bonds. The highest BCUT2D eigenvalue weighted by Gasteiger charge is 2.02. The molecule has 6 heteroatoms. The van der Waals surface area contributed by atoms with Gasteiger partial charge < -0.3 is 5.73 Å². The van der Waals surface area contributed by atoms with Crippen LogP contribution in [0.1, 0.15) is 5.56 Å². The fraction of sp³-hybridized carbons (Fsp3) is 0. The Kier molecular flexibility index (Phi) is 3.58. The maximum Gasteiger partial charge on any atom is 0.332 e. The van der Waals surface area contributed by atoms with Gasteiger partial charge in [0, 0.05) is 5.56 Å². The lowest BCUT2D eigenvalue weighted by Gasteiger charge is -1.97. The van der Waals surface area contributed by atoms with Gasteiger partial charge in [-0.3, -0.25) is 0 Å². The first-order valence-electron chi connectivity index (χ1n) is 3.64. The molecule has 0 unspecified atom stereocenters. The normalized spacial score (nSPS) is 10.4. The summed E-state index contributed by atoms with van der Waals surface area (Å²) in [5, 5.41) is 3.43. The van der Waals surface area contributed by atoms with E-state index >= 15 is 0 Å².